The molecule has 0 rings (SSSR count). The van der Waals surface area contributed by atoms with E-state index < -0.39 is 26.5 Å². The Labute approximate surface area is 588 Å². The van der Waals surface area contributed by atoms with Crippen LogP contribution in [-0.2, 0) is 32.7 Å². The quantitative estimate of drug-likeness (QED) is 0.0264. The minimum absolute atomic E-state index is 0.0535. The molecule has 0 saturated carbocycles. The van der Waals surface area contributed by atoms with Gasteiger partial charge in [0.2, 0.25) is 0 Å². The Morgan fingerprint density at radius 2 is 0.579 bits per heavy atom. The number of phosphoric acid groups is 1. The first-order chi connectivity index (χ1) is 46.8. The summed E-state index contributed by atoms with van der Waals surface area (Å²) < 4.78 is 33.3. The first kappa shape index (κ1) is 91.9. The Bertz CT molecular complexity index is 1890. The molecule has 0 aromatic rings. The molecular weight excluding hydrogens is 1190 g/mol. The molecule has 0 aromatic carbocycles. The molecule has 0 heterocycles. The highest BCUT2D eigenvalue weighted by Crippen LogP contribution is 2.43. The van der Waals surface area contributed by atoms with Gasteiger partial charge >= 0.3 is 19.8 Å². The molecule has 0 aromatic heterocycles. The number of carbonyl (C=O) groups excluding carboxylic acids is 2. The third-order valence-corrected chi connectivity index (χ3v) is 18.9. The summed E-state index contributed by atoms with van der Waals surface area (Å²) in [6.07, 6.45) is 110. The van der Waals surface area contributed by atoms with Crippen molar-refractivity contribution in [2.75, 3.05) is 26.4 Å². The van der Waals surface area contributed by atoms with E-state index in [-0.39, 0.29) is 38.6 Å². The van der Waals surface area contributed by atoms with E-state index in [9.17, 15) is 19.0 Å². The van der Waals surface area contributed by atoms with Crippen LogP contribution in [0, 0.1) is 0 Å². The van der Waals surface area contributed by atoms with Crippen molar-refractivity contribution in [3.8, 4) is 0 Å². The van der Waals surface area contributed by atoms with Crippen molar-refractivity contribution >= 4 is 19.8 Å². The van der Waals surface area contributed by atoms with Crippen molar-refractivity contribution in [3.63, 3.8) is 0 Å². The Morgan fingerprint density at radius 3 is 0.863 bits per heavy atom. The summed E-state index contributed by atoms with van der Waals surface area (Å²) in [4.78, 5) is 35.5. The molecule has 0 aliphatic heterocycles. The van der Waals surface area contributed by atoms with Crippen LogP contribution in [0.15, 0.2) is 97.2 Å². The lowest BCUT2D eigenvalue weighted by atomic mass is 10.0. The van der Waals surface area contributed by atoms with Crippen LogP contribution >= 0.6 is 7.82 Å². The highest BCUT2D eigenvalue weighted by atomic mass is 31.2. The first-order valence-electron chi connectivity index (χ1n) is 40.7. The second-order valence-corrected chi connectivity index (χ2v) is 28.7. The summed E-state index contributed by atoms with van der Waals surface area (Å²) in [7, 11) is -4.40. The van der Waals surface area contributed by atoms with E-state index in [1.165, 1.54) is 289 Å². The van der Waals surface area contributed by atoms with Crippen LogP contribution in [0.25, 0.3) is 0 Å². The van der Waals surface area contributed by atoms with E-state index in [1.807, 2.05) is 0 Å². The van der Waals surface area contributed by atoms with Crippen molar-refractivity contribution < 1.29 is 37.6 Å². The fourth-order valence-corrected chi connectivity index (χ4v) is 12.7. The lowest BCUT2D eigenvalue weighted by Gasteiger charge is -2.19. The van der Waals surface area contributed by atoms with E-state index in [2.05, 4.69) is 111 Å². The second-order valence-electron chi connectivity index (χ2n) is 27.3. The van der Waals surface area contributed by atoms with Gasteiger partial charge in [0.15, 0.2) is 6.10 Å². The summed E-state index contributed by atoms with van der Waals surface area (Å²) in [5, 5.41) is 0. The maximum atomic E-state index is 12.8. The number of hydrogen-bond acceptors (Lipinski definition) is 8. The number of hydrogen-bond donors (Lipinski definition) is 2. The van der Waals surface area contributed by atoms with Gasteiger partial charge in [-0.25, -0.2) is 4.57 Å². The number of phosphoric ester groups is 1. The van der Waals surface area contributed by atoms with Crippen molar-refractivity contribution in [2.45, 2.75) is 405 Å². The van der Waals surface area contributed by atoms with Gasteiger partial charge in [0.05, 0.1) is 13.2 Å². The van der Waals surface area contributed by atoms with Crippen molar-refractivity contribution in [2.24, 2.45) is 5.73 Å². The summed E-state index contributed by atoms with van der Waals surface area (Å²) in [5.74, 6) is -0.808. The van der Waals surface area contributed by atoms with Gasteiger partial charge in [-0.15, -0.1) is 0 Å². The number of esters is 2. The van der Waals surface area contributed by atoms with Crippen LogP contribution in [0.1, 0.15) is 399 Å². The SMILES string of the molecule is CC/C=C\C/C=C\C/C=C\C/C=C\C/C=C\CCCCCCCCCCCCCCCCCCCCCC(=O)OC(COC(=O)CCCCCCCCCCCCCCCCCCCCCCCCCC/C=C\C/C=C\C/C=C\CCCCCCC)COP(=O)(O)OCCN. The maximum absolute atomic E-state index is 12.8. The Kier molecular flexibility index (Phi) is 77.3. The number of rotatable bonds is 77. The van der Waals surface area contributed by atoms with Crippen molar-refractivity contribution in [1.82, 2.24) is 0 Å². The van der Waals surface area contributed by atoms with Crippen molar-refractivity contribution in [1.29, 1.82) is 0 Å². The zero-order valence-corrected chi connectivity index (χ0v) is 63.3. The highest BCUT2D eigenvalue weighted by molar-refractivity contribution is 7.47. The number of nitrogens with two attached hydrogens (primary N) is 1. The molecule has 0 bridgehead atoms. The summed E-state index contributed by atoms with van der Waals surface area (Å²) in [6.45, 7) is 3.68. The predicted octanol–water partition coefficient (Wildman–Crippen LogP) is 27.4. The summed E-state index contributed by atoms with van der Waals surface area (Å²) in [5.41, 5.74) is 5.42. The second kappa shape index (κ2) is 79.9. The molecule has 552 valence electrons. The van der Waals surface area contributed by atoms with E-state index in [0.717, 1.165) is 77.0 Å². The van der Waals surface area contributed by atoms with E-state index in [1.54, 1.807) is 0 Å². The Morgan fingerprint density at radius 1 is 0.326 bits per heavy atom. The van der Waals surface area contributed by atoms with Crippen LogP contribution < -0.4 is 5.73 Å². The van der Waals surface area contributed by atoms with Crippen molar-refractivity contribution in [3.05, 3.63) is 97.2 Å². The molecule has 0 saturated heterocycles. The third-order valence-electron chi connectivity index (χ3n) is 18.0. The molecule has 0 radical (unpaired) electrons. The molecule has 0 aliphatic rings. The van der Waals surface area contributed by atoms with Gasteiger partial charge in [-0.3, -0.25) is 18.6 Å². The average molecular weight is 1350 g/mol. The fraction of sp³-hybridized carbons (Fsp3) is 0.788. The molecule has 0 fully saturated rings. The molecule has 2 atom stereocenters. The topological polar surface area (TPSA) is 134 Å². The lowest BCUT2D eigenvalue weighted by Crippen LogP contribution is -2.29. The maximum Gasteiger partial charge on any atom is 0.472 e. The number of unbranched alkanes of at least 4 members (excludes halogenated alkanes) is 48. The molecule has 9 nitrogen and oxygen atoms in total. The first-order valence-corrected chi connectivity index (χ1v) is 42.2. The van der Waals surface area contributed by atoms with Gasteiger partial charge in [0.25, 0.3) is 0 Å². The van der Waals surface area contributed by atoms with Gasteiger partial charge in [-0.1, -0.05) is 387 Å². The molecule has 0 spiro atoms. The predicted molar refractivity (Wildman–Crippen MR) is 413 cm³/mol. The van der Waals surface area contributed by atoms with Crippen LogP contribution in [0.2, 0.25) is 0 Å². The monoisotopic (exact) mass is 1350 g/mol. The number of carbonyl (C=O) groups is 2. The molecular formula is C85H154NO8P. The van der Waals surface area contributed by atoms with E-state index >= 15 is 0 Å². The van der Waals surface area contributed by atoms with Crippen LogP contribution in [0.4, 0.5) is 0 Å². The fourth-order valence-electron chi connectivity index (χ4n) is 12.0. The standard InChI is InChI=1S/C85H154NO8P/c1-3-5-7-9-11-13-15-17-19-21-23-25-27-29-31-33-35-37-39-40-41-42-44-45-47-49-51-53-55-57-59-61-63-65-67-69-71-73-75-77-84(87)91-81-83(82-93-95(89,90)92-80-79-86)94-85(88)78-76-74-72-70-68-66-64-62-60-58-56-54-52-50-48-46-43-38-36-34-32-30-28-26-24-22-20-18-16-14-12-10-8-6-4-2/h6,8,12,14-15,17-18,20-21,23-24,26-27,29-30,32,83H,3-5,7,9-11,13,16,19,22,25,28,31,33-82,86H2,1-2H3,(H,89,90)/b8-6-,14-12-,17-15-,20-18-,23-21-,26-24-,29-27-,32-30-. The molecule has 0 amide bonds. The van der Waals surface area contributed by atoms with Crippen LogP contribution in [0.3, 0.4) is 0 Å². The summed E-state index contributed by atoms with van der Waals surface area (Å²) >= 11 is 0. The van der Waals surface area contributed by atoms with Gasteiger partial charge < -0.3 is 20.1 Å². The zero-order valence-electron chi connectivity index (χ0n) is 62.4. The van der Waals surface area contributed by atoms with E-state index in [0.29, 0.717) is 6.42 Å². The van der Waals surface area contributed by atoms with Gasteiger partial charge in [0, 0.05) is 19.4 Å². The molecule has 0 aliphatic carbocycles. The third kappa shape index (κ3) is 79.8. The van der Waals surface area contributed by atoms with Gasteiger partial charge in [0.1, 0.15) is 6.61 Å². The Balaban J connectivity index is 3.77. The van der Waals surface area contributed by atoms with E-state index in [4.69, 9.17) is 24.3 Å². The van der Waals surface area contributed by atoms with Crippen LogP contribution in [0.5, 0.6) is 0 Å². The van der Waals surface area contributed by atoms with Crippen LogP contribution in [-0.4, -0.2) is 49.3 Å². The normalized spacial score (nSPS) is 13.3. The molecule has 95 heavy (non-hydrogen) atoms. The number of ether oxygens (including phenoxy) is 2. The summed E-state index contributed by atoms with van der Waals surface area (Å²) in [6, 6.07) is 0. The smallest absolute Gasteiger partial charge is 0.462 e. The average Bonchev–Trinajstić information content (AvgIpc) is 3.32. The zero-order chi connectivity index (χ0) is 68.6. The number of allylic oxidation sites excluding steroid dienone is 16. The molecule has 10 heteroatoms. The minimum atomic E-state index is -4.40. The van der Waals surface area contributed by atoms with Gasteiger partial charge in [-0.05, 0) is 96.3 Å². The van der Waals surface area contributed by atoms with Gasteiger partial charge in [-0.2, -0.15) is 0 Å². The lowest BCUT2D eigenvalue weighted by molar-refractivity contribution is -0.161. The largest absolute Gasteiger partial charge is 0.472 e. The highest BCUT2D eigenvalue weighted by Gasteiger charge is 2.26. The Hall–Kier alpha value is -3.07. The molecule has 2 unspecified atom stereocenters. The minimum Gasteiger partial charge on any atom is -0.462 e. The molecule has 3 N–H and O–H groups in total.